The van der Waals surface area contributed by atoms with Gasteiger partial charge in [0.05, 0.1) is 10.2 Å². The largest absolute Gasteiger partial charge is 0.454 e. The fourth-order valence-electron chi connectivity index (χ4n) is 2.25. The van der Waals surface area contributed by atoms with Gasteiger partial charge in [-0.15, -0.1) is 0 Å². The molecule has 6 heteroatoms. The topological polar surface area (TPSA) is 60.5 Å². The first-order valence-corrected chi connectivity index (χ1v) is 7.12. The number of anilines is 1. The Bertz CT molecular complexity index is 622. The molecule has 0 spiro atoms. The van der Waals surface area contributed by atoms with E-state index in [2.05, 4.69) is 10.3 Å². The lowest BCUT2D eigenvalue weighted by Gasteiger charge is -2.23. The average molecular weight is 276 g/mol. The van der Waals surface area contributed by atoms with Gasteiger partial charge >= 0.3 is 0 Å². The van der Waals surface area contributed by atoms with Crippen LogP contribution in [0.15, 0.2) is 12.1 Å². The van der Waals surface area contributed by atoms with Crippen molar-refractivity contribution in [3.63, 3.8) is 0 Å². The Morgan fingerprint density at radius 2 is 2.11 bits per heavy atom. The van der Waals surface area contributed by atoms with Gasteiger partial charge in [0.15, 0.2) is 16.6 Å². The quantitative estimate of drug-likeness (QED) is 0.916. The average Bonchev–Trinajstić information content (AvgIpc) is 2.87. The minimum atomic E-state index is 0.0883. The molecule has 4 rings (SSSR count). The number of hydrogen-bond acceptors (Lipinski definition) is 5. The van der Waals surface area contributed by atoms with Crippen molar-refractivity contribution in [2.45, 2.75) is 19.3 Å². The maximum atomic E-state index is 11.9. The van der Waals surface area contributed by atoms with Gasteiger partial charge in [0.1, 0.15) is 0 Å². The SMILES string of the molecule is O=C(Nc1nc2cc3c(cc2s1)OCO3)C1CCC1. The van der Waals surface area contributed by atoms with Gasteiger partial charge in [0, 0.05) is 18.1 Å². The molecule has 1 saturated carbocycles. The van der Waals surface area contributed by atoms with Crippen molar-refractivity contribution in [1.82, 2.24) is 4.98 Å². The van der Waals surface area contributed by atoms with E-state index in [0.717, 1.165) is 41.0 Å². The van der Waals surface area contributed by atoms with E-state index < -0.39 is 0 Å². The minimum Gasteiger partial charge on any atom is -0.454 e. The van der Waals surface area contributed by atoms with E-state index in [9.17, 15) is 4.79 Å². The summed E-state index contributed by atoms with van der Waals surface area (Å²) < 4.78 is 11.6. The number of thiazole rings is 1. The molecular formula is C13H12N2O3S. The molecule has 1 amide bonds. The lowest BCUT2D eigenvalue weighted by Crippen LogP contribution is -2.27. The minimum absolute atomic E-state index is 0.0883. The third-order valence-corrected chi connectivity index (χ3v) is 4.52. The second kappa shape index (κ2) is 4.09. The van der Waals surface area contributed by atoms with Crippen molar-refractivity contribution in [2.75, 3.05) is 12.1 Å². The number of amides is 1. The van der Waals surface area contributed by atoms with Crippen molar-refractivity contribution in [1.29, 1.82) is 0 Å². The Labute approximate surface area is 113 Å². The number of ether oxygens (including phenoxy) is 2. The van der Waals surface area contributed by atoms with E-state index in [1.165, 1.54) is 11.3 Å². The number of rotatable bonds is 2. The zero-order chi connectivity index (χ0) is 12.8. The lowest BCUT2D eigenvalue weighted by molar-refractivity contribution is -0.122. The number of carbonyl (C=O) groups excluding carboxylic acids is 1. The summed E-state index contributed by atoms with van der Waals surface area (Å²) in [5.74, 6) is 1.72. The normalized spacial score (nSPS) is 17.5. The Kier molecular flexibility index (Phi) is 2.38. The maximum Gasteiger partial charge on any atom is 0.231 e. The molecule has 98 valence electrons. The Morgan fingerprint density at radius 3 is 2.84 bits per heavy atom. The summed E-state index contributed by atoms with van der Waals surface area (Å²) in [5, 5.41) is 3.54. The van der Waals surface area contributed by atoms with Gasteiger partial charge < -0.3 is 14.8 Å². The molecule has 1 aromatic heterocycles. The van der Waals surface area contributed by atoms with Crippen LogP contribution in [-0.2, 0) is 4.79 Å². The molecular weight excluding hydrogens is 264 g/mol. The van der Waals surface area contributed by atoms with Gasteiger partial charge in [-0.25, -0.2) is 4.98 Å². The highest BCUT2D eigenvalue weighted by Gasteiger charge is 2.26. The van der Waals surface area contributed by atoms with Crippen LogP contribution in [0.5, 0.6) is 11.5 Å². The van der Waals surface area contributed by atoms with Crippen LogP contribution in [0, 0.1) is 5.92 Å². The van der Waals surface area contributed by atoms with Gasteiger partial charge in [0.2, 0.25) is 12.7 Å². The van der Waals surface area contributed by atoms with Crippen LogP contribution in [0.2, 0.25) is 0 Å². The molecule has 2 aliphatic rings. The van der Waals surface area contributed by atoms with Crippen molar-refractivity contribution >= 4 is 32.6 Å². The Morgan fingerprint density at radius 1 is 1.32 bits per heavy atom. The predicted molar refractivity (Wildman–Crippen MR) is 71.7 cm³/mol. The summed E-state index contributed by atoms with van der Waals surface area (Å²) in [4.78, 5) is 16.3. The van der Waals surface area contributed by atoms with E-state index in [4.69, 9.17) is 9.47 Å². The standard InChI is InChI=1S/C13H12N2O3S/c16-12(7-2-1-3-7)15-13-14-8-4-9-10(18-6-17-9)5-11(8)19-13/h4-5,7H,1-3,6H2,(H,14,15,16). The molecule has 1 N–H and O–H groups in total. The van der Waals surface area contributed by atoms with Gasteiger partial charge in [0.25, 0.3) is 0 Å². The van der Waals surface area contributed by atoms with E-state index in [1.807, 2.05) is 12.1 Å². The summed E-state index contributed by atoms with van der Waals surface area (Å²) in [6, 6.07) is 3.77. The van der Waals surface area contributed by atoms with Crippen molar-refractivity contribution in [2.24, 2.45) is 5.92 Å². The van der Waals surface area contributed by atoms with Crippen molar-refractivity contribution in [3.8, 4) is 11.5 Å². The van der Waals surface area contributed by atoms with E-state index in [1.54, 1.807) is 0 Å². The molecule has 2 aromatic rings. The number of benzene rings is 1. The number of nitrogens with one attached hydrogen (secondary N) is 1. The highest BCUT2D eigenvalue weighted by molar-refractivity contribution is 7.22. The van der Waals surface area contributed by atoms with E-state index in [-0.39, 0.29) is 18.6 Å². The maximum absolute atomic E-state index is 11.9. The highest BCUT2D eigenvalue weighted by Crippen LogP contribution is 2.39. The van der Waals surface area contributed by atoms with Crippen LogP contribution in [0.1, 0.15) is 19.3 Å². The molecule has 0 atom stereocenters. The molecule has 2 heterocycles. The fraction of sp³-hybridized carbons (Fsp3) is 0.385. The van der Waals surface area contributed by atoms with Crippen molar-refractivity contribution < 1.29 is 14.3 Å². The van der Waals surface area contributed by atoms with E-state index >= 15 is 0 Å². The zero-order valence-corrected chi connectivity index (χ0v) is 11.0. The molecule has 1 fully saturated rings. The van der Waals surface area contributed by atoms with Crippen LogP contribution in [0.3, 0.4) is 0 Å². The Hall–Kier alpha value is -1.82. The van der Waals surface area contributed by atoms with Crippen LogP contribution in [0.25, 0.3) is 10.2 Å². The number of aromatic nitrogens is 1. The van der Waals surface area contributed by atoms with E-state index in [0.29, 0.717) is 5.13 Å². The van der Waals surface area contributed by atoms with Gasteiger partial charge in [-0.1, -0.05) is 17.8 Å². The first-order valence-electron chi connectivity index (χ1n) is 6.31. The highest BCUT2D eigenvalue weighted by atomic mass is 32.1. The molecule has 0 saturated heterocycles. The van der Waals surface area contributed by atoms with Crippen LogP contribution >= 0.6 is 11.3 Å². The molecule has 0 unspecified atom stereocenters. The number of carbonyl (C=O) groups is 1. The molecule has 0 bridgehead atoms. The summed E-state index contributed by atoms with van der Waals surface area (Å²) >= 11 is 1.46. The summed E-state index contributed by atoms with van der Waals surface area (Å²) in [5.41, 5.74) is 0.832. The fourth-order valence-corrected chi connectivity index (χ4v) is 3.13. The summed E-state index contributed by atoms with van der Waals surface area (Å²) in [7, 11) is 0. The second-order valence-corrected chi connectivity index (χ2v) is 5.84. The molecule has 1 aromatic carbocycles. The van der Waals surface area contributed by atoms with Crippen molar-refractivity contribution in [3.05, 3.63) is 12.1 Å². The number of fused-ring (bicyclic) bond motifs is 2. The van der Waals surface area contributed by atoms with Crippen LogP contribution < -0.4 is 14.8 Å². The zero-order valence-electron chi connectivity index (χ0n) is 10.1. The number of nitrogens with zero attached hydrogens (tertiary/aromatic N) is 1. The molecule has 0 radical (unpaired) electrons. The van der Waals surface area contributed by atoms with Crippen LogP contribution in [0.4, 0.5) is 5.13 Å². The molecule has 19 heavy (non-hydrogen) atoms. The monoisotopic (exact) mass is 276 g/mol. The number of hydrogen-bond donors (Lipinski definition) is 1. The molecule has 5 nitrogen and oxygen atoms in total. The smallest absolute Gasteiger partial charge is 0.231 e. The molecule has 1 aliphatic heterocycles. The Balaban J connectivity index is 1.63. The first kappa shape index (κ1) is 11.0. The van der Waals surface area contributed by atoms with Gasteiger partial charge in [-0.2, -0.15) is 0 Å². The predicted octanol–water partition coefficient (Wildman–Crippen LogP) is 2.76. The summed E-state index contributed by atoms with van der Waals surface area (Å²) in [6.07, 6.45) is 3.14. The molecule has 1 aliphatic carbocycles. The van der Waals surface area contributed by atoms with Crippen LogP contribution in [-0.4, -0.2) is 17.7 Å². The lowest BCUT2D eigenvalue weighted by atomic mass is 9.85. The summed E-state index contributed by atoms with van der Waals surface area (Å²) in [6.45, 7) is 0.262. The second-order valence-electron chi connectivity index (χ2n) is 4.81. The van der Waals surface area contributed by atoms with Gasteiger partial charge in [-0.3, -0.25) is 4.79 Å². The third-order valence-electron chi connectivity index (χ3n) is 3.59. The first-order chi connectivity index (χ1) is 9.29. The van der Waals surface area contributed by atoms with Gasteiger partial charge in [-0.05, 0) is 12.8 Å². The third kappa shape index (κ3) is 1.83.